The van der Waals surface area contributed by atoms with Gasteiger partial charge in [-0.2, -0.15) is 0 Å². The fourth-order valence-electron chi connectivity index (χ4n) is 4.01. The summed E-state index contributed by atoms with van der Waals surface area (Å²) in [6.45, 7) is 3.10. The first-order valence-electron chi connectivity index (χ1n) is 8.21. The summed E-state index contributed by atoms with van der Waals surface area (Å²) in [4.78, 5) is 24.0. The highest BCUT2D eigenvalue weighted by Gasteiger charge is 2.60. The molecule has 2 heterocycles. The lowest BCUT2D eigenvalue weighted by atomic mass is 9.95. The van der Waals surface area contributed by atoms with E-state index in [1.54, 1.807) is 4.90 Å². The van der Waals surface area contributed by atoms with Crippen LogP contribution in [0.15, 0.2) is 24.3 Å². The van der Waals surface area contributed by atoms with Crippen LogP contribution in [-0.4, -0.2) is 55.3 Å². The lowest BCUT2D eigenvalue weighted by molar-refractivity contribution is -0.109. The summed E-state index contributed by atoms with van der Waals surface area (Å²) >= 11 is 1.82. The second kappa shape index (κ2) is 5.97. The number of carbonyl (C=O) groups is 2. The number of carbonyl (C=O) groups excluding carboxylic acids is 2. The smallest absolute Gasteiger partial charge is 0.414 e. The Morgan fingerprint density at radius 1 is 1.38 bits per heavy atom. The molecule has 1 saturated carbocycles. The molecule has 0 radical (unpaired) electrons. The maximum absolute atomic E-state index is 12.0. The zero-order chi connectivity index (χ0) is 16.7. The number of rotatable bonds is 6. The van der Waals surface area contributed by atoms with Gasteiger partial charge in [-0.1, -0.05) is 24.1 Å². The van der Waals surface area contributed by atoms with Crippen molar-refractivity contribution < 1.29 is 14.3 Å². The number of piperidine rings is 1. The average Bonchev–Trinajstić information content (AvgIpc) is 2.98. The summed E-state index contributed by atoms with van der Waals surface area (Å²) in [5.41, 5.74) is 2.55. The Labute approximate surface area is 145 Å². The van der Waals surface area contributed by atoms with E-state index in [0.29, 0.717) is 24.9 Å². The number of hydrogen-bond acceptors (Lipinski definition) is 5. The summed E-state index contributed by atoms with van der Waals surface area (Å²) < 4.78 is 7.71. The van der Waals surface area contributed by atoms with Crippen LogP contribution in [0.1, 0.15) is 12.0 Å². The molecule has 1 aromatic carbocycles. The van der Waals surface area contributed by atoms with Crippen LogP contribution in [-0.2, 0) is 14.9 Å². The van der Waals surface area contributed by atoms with Gasteiger partial charge in [0, 0.05) is 24.2 Å². The molecule has 0 aromatic heterocycles. The van der Waals surface area contributed by atoms with E-state index >= 15 is 0 Å². The van der Waals surface area contributed by atoms with Crippen LogP contribution in [0.3, 0.4) is 0 Å². The lowest BCUT2D eigenvalue weighted by Gasteiger charge is -2.19. The molecule has 3 aliphatic rings. The molecule has 0 spiro atoms. The quantitative estimate of drug-likeness (QED) is 0.626. The zero-order valence-electron chi connectivity index (χ0n) is 13.6. The van der Waals surface area contributed by atoms with Crippen LogP contribution in [0.25, 0.3) is 0 Å². The van der Waals surface area contributed by atoms with E-state index in [0.717, 1.165) is 18.2 Å². The van der Waals surface area contributed by atoms with Crippen molar-refractivity contribution in [1.82, 2.24) is 9.62 Å². The van der Waals surface area contributed by atoms with Gasteiger partial charge in [0.2, 0.25) is 6.41 Å². The molecule has 1 N–H and O–H groups in total. The first kappa shape index (κ1) is 15.8. The first-order chi connectivity index (χ1) is 11.7. The molecule has 2 saturated heterocycles. The summed E-state index contributed by atoms with van der Waals surface area (Å²) in [5.74, 6) is 0.770. The molecule has 2 amide bonds. The van der Waals surface area contributed by atoms with E-state index in [9.17, 15) is 9.59 Å². The normalized spacial score (nSPS) is 31.7. The second-order valence-corrected chi connectivity index (χ2v) is 7.63. The van der Waals surface area contributed by atoms with E-state index in [2.05, 4.69) is 28.0 Å². The standard InChI is InChI=1S/C17H21N3O3S/c1-24-19-8-13-6-17(13,10-19)12-2-4-14(5-3-12)20-9-15(7-18-11-21)23-16(20)22/h2-5,11,13,15H,6-10H2,1H3,(H,18,21). The molecule has 24 heavy (non-hydrogen) atoms. The molecule has 3 fully saturated rings. The number of benzene rings is 1. The highest BCUT2D eigenvalue weighted by Crippen LogP contribution is 2.60. The van der Waals surface area contributed by atoms with Crippen molar-refractivity contribution in [2.75, 3.05) is 37.3 Å². The van der Waals surface area contributed by atoms with Crippen molar-refractivity contribution in [3.05, 3.63) is 29.8 Å². The SMILES string of the molecule is CSN1CC2CC2(c2ccc(N3CC(CNC=O)OC3=O)cc2)C1. The molecule has 2 aliphatic heterocycles. The van der Waals surface area contributed by atoms with E-state index in [-0.39, 0.29) is 12.2 Å². The first-order valence-corrected chi connectivity index (χ1v) is 9.39. The molecule has 0 bridgehead atoms. The third-order valence-electron chi connectivity index (χ3n) is 5.43. The van der Waals surface area contributed by atoms with Crippen LogP contribution < -0.4 is 10.2 Å². The van der Waals surface area contributed by atoms with Gasteiger partial charge in [0.25, 0.3) is 0 Å². The van der Waals surface area contributed by atoms with Crippen molar-refractivity contribution in [3.8, 4) is 0 Å². The summed E-state index contributed by atoms with van der Waals surface area (Å²) in [6.07, 6.45) is 3.39. The molecule has 1 aliphatic carbocycles. The van der Waals surface area contributed by atoms with E-state index in [1.165, 1.54) is 18.5 Å². The third-order valence-corrected chi connectivity index (χ3v) is 6.22. The molecule has 128 valence electrons. The topological polar surface area (TPSA) is 61.9 Å². The third kappa shape index (κ3) is 2.56. The number of nitrogens with zero attached hydrogens (tertiary/aromatic N) is 2. The Morgan fingerprint density at radius 3 is 2.83 bits per heavy atom. The van der Waals surface area contributed by atoms with Crippen molar-refractivity contribution in [1.29, 1.82) is 0 Å². The average molecular weight is 347 g/mol. The van der Waals surface area contributed by atoms with Crippen LogP contribution in [0.5, 0.6) is 0 Å². The Hall–Kier alpha value is -1.73. The lowest BCUT2D eigenvalue weighted by Crippen LogP contribution is -2.30. The fourth-order valence-corrected chi connectivity index (χ4v) is 4.70. The van der Waals surface area contributed by atoms with Gasteiger partial charge >= 0.3 is 6.09 Å². The largest absolute Gasteiger partial charge is 0.442 e. The molecule has 3 atom stereocenters. The fraction of sp³-hybridized carbons (Fsp3) is 0.529. The number of anilines is 1. The van der Waals surface area contributed by atoms with Crippen LogP contribution in [0, 0.1) is 5.92 Å². The number of nitrogens with one attached hydrogen (secondary N) is 1. The van der Waals surface area contributed by atoms with Gasteiger partial charge in [-0.25, -0.2) is 9.10 Å². The van der Waals surface area contributed by atoms with E-state index in [1.807, 2.05) is 24.1 Å². The van der Waals surface area contributed by atoms with E-state index in [4.69, 9.17) is 4.74 Å². The van der Waals surface area contributed by atoms with E-state index < -0.39 is 0 Å². The van der Waals surface area contributed by atoms with Gasteiger partial charge in [0.1, 0.15) is 6.10 Å². The maximum Gasteiger partial charge on any atom is 0.414 e. The highest BCUT2D eigenvalue weighted by molar-refractivity contribution is 7.96. The Morgan fingerprint density at radius 2 is 2.17 bits per heavy atom. The zero-order valence-corrected chi connectivity index (χ0v) is 14.4. The molecule has 1 aromatic rings. The van der Waals surface area contributed by atoms with Gasteiger partial charge < -0.3 is 10.1 Å². The minimum absolute atomic E-state index is 0.293. The molecular formula is C17H21N3O3S. The molecule has 3 unspecified atom stereocenters. The highest BCUT2D eigenvalue weighted by atomic mass is 32.2. The predicted molar refractivity (Wildman–Crippen MR) is 93.0 cm³/mol. The van der Waals surface area contributed by atoms with Crippen molar-refractivity contribution in [2.24, 2.45) is 5.92 Å². The molecule has 6 nitrogen and oxygen atoms in total. The van der Waals surface area contributed by atoms with Gasteiger partial charge in [-0.15, -0.1) is 0 Å². The number of fused-ring (bicyclic) bond motifs is 1. The second-order valence-electron chi connectivity index (χ2n) is 6.75. The summed E-state index contributed by atoms with van der Waals surface area (Å²) in [5, 5.41) is 2.56. The summed E-state index contributed by atoms with van der Waals surface area (Å²) in [7, 11) is 0. The van der Waals surface area contributed by atoms with Gasteiger partial charge in [0.05, 0.1) is 13.1 Å². The van der Waals surface area contributed by atoms with Crippen LogP contribution >= 0.6 is 11.9 Å². The minimum Gasteiger partial charge on any atom is -0.442 e. The van der Waals surface area contributed by atoms with Gasteiger partial charge in [-0.05, 0) is 36.3 Å². The minimum atomic E-state index is -0.350. The van der Waals surface area contributed by atoms with Crippen LogP contribution in [0.4, 0.5) is 10.5 Å². The van der Waals surface area contributed by atoms with Crippen molar-refractivity contribution >= 4 is 30.1 Å². The molecular weight excluding hydrogens is 326 g/mol. The van der Waals surface area contributed by atoms with Gasteiger partial charge in [0.15, 0.2) is 0 Å². The molecule has 4 rings (SSSR count). The van der Waals surface area contributed by atoms with Crippen molar-refractivity contribution in [3.63, 3.8) is 0 Å². The Bertz CT molecular complexity index is 653. The number of ether oxygens (including phenoxy) is 1. The number of hydrogen-bond donors (Lipinski definition) is 1. The maximum atomic E-state index is 12.0. The predicted octanol–water partition coefficient (Wildman–Crippen LogP) is 1.61. The number of amides is 2. The van der Waals surface area contributed by atoms with Crippen LogP contribution in [0.2, 0.25) is 0 Å². The number of cyclic esters (lactones) is 1. The Balaban J connectivity index is 1.45. The summed E-state index contributed by atoms with van der Waals surface area (Å²) in [6, 6.07) is 8.34. The monoisotopic (exact) mass is 347 g/mol. The Kier molecular flexibility index (Phi) is 3.92. The molecule has 7 heteroatoms. The van der Waals surface area contributed by atoms with Crippen molar-refractivity contribution in [2.45, 2.75) is 17.9 Å². The van der Waals surface area contributed by atoms with Gasteiger partial charge in [-0.3, -0.25) is 9.69 Å².